The zero-order valence-corrected chi connectivity index (χ0v) is 29.8. The first-order valence-corrected chi connectivity index (χ1v) is 18.7. The normalized spacial score (nSPS) is 27.9. The van der Waals surface area contributed by atoms with E-state index in [2.05, 4.69) is 5.32 Å². The van der Waals surface area contributed by atoms with Crippen LogP contribution in [-0.4, -0.2) is 85.4 Å². The fraction of sp³-hybridized carbons (Fsp3) is 0.600. The molecule has 3 aliphatic rings. The van der Waals surface area contributed by atoms with E-state index in [1.165, 1.54) is 16.4 Å². The van der Waals surface area contributed by atoms with Crippen molar-refractivity contribution >= 4 is 39.3 Å². The number of hydrogen-bond acceptors (Lipinski definition) is 7. The van der Waals surface area contributed by atoms with Crippen molar-refractivity contribution < 1.29 is 31.9 Å². The molecule has 3 N–H and O–H groups in total. The SMILES string of the molecule is COC1CCC(c2ccc(Cl)cc2)([C@H](N)C(=O)Nc2cccc(F)c2CC[C@H]2CN(C(=O)OC(C)(C)C)[C@@H]3CCCS(=O)(=O)N2C3)CC1. The highest BCUT2D eigenvalue weighted by Gasteiger charge is 2.46. The first-order chi connectivity index (χ1) is 22.6. The number of rotatable bonds is 8. The second-order valence-corrected chi connectivity index (χ2v) is 16.8. The Balaban J connectivity index is 1.37. The van der Waals surface area contributed by atoms with E-state index in [-0.39, 0.29) is 55.1 Å². The number of nitrogens with two attached hydrogens (primary N) is 1. The highest BCUT2D eigenvalue weighted by Crippen LogP contribution is 2.43. The lowest BCUT2D eigenvalue weighted by Crippen LogP contribution is -2.60. The summed E-state index contributed by atoms with van der Waals surface area (Å²) in [7, 11) is -1.90. The van der Waals surface area contributed by atoms with Gasteiger partial charge < -0.3 is 25.4 Å². The monoisotopic (exact) mass is 706 g/mol. The third-order valence-corrected chi connectivity index (χ3v) is 12.3. The van der Waals surface area contributed by atoms with Gasteiger partial charge in [-0.1, -0.05) is 29.8 Å². The lowest BCUT2D eigenvalue weighted by molar-refractivity contribution is -0.119. The van der Waals surface area contributed by atoms with Gasteiger partial charge in [-0.3, -0.25) is 4.79 Å². The van der Waals surface area contributed by atoms with Gasteiger partial charge in [0.25, 0.3) is 0 Å². The minimum Gasteiger partial charge on any atom is -0.444 e. The number of amides is 2. The van der Waals surface area contributed by atoms with Crippen LogP contribution in [0.1, 0.15) is 76.8 Å². The van der Waals surface area contributed by atoms with Gasteiger partial charge >= 0.3 is 6.09 Å². The molecule has 0 spiro atoms. The molecule has 3 fully saturated rings. The molecule has 1 aliphatic carbocycles. The van der Waals surface area contributed by atoms with Gasteiger partial charge in [0.15, 0.2) is 0 Å². The number of benzene rings is 2. The van der Waals surface area contributed by atoms with Gasteiger partial charge in [0, 0.05) is 54.0 Å². The van der Waals surface area contributed by atoms with Crippen LogP contribution in [0.3, 0.4) is 0 Å². The Morgan fingerprint density at radius 1 is 1.10 bits per heavy atom. The zero-order valence-electron chi connectivity index (χ0n) is 28.2. The van der Waals surface area contributed by atoms with Gasteiger partial charge in [0.05, 0.1) is 17.9 Å². The standard InChI is InChI=1S/C35H48ClFN4O6S/c1-34(2,3)47-33(43)40-21-26(41-22-25(40)7-6-20-48(41,44)45)14-15-28-29(37)8-5-9-30(28)39-32(42)31(38)35(18-16-27(46-4)17-19-35)23-10-12-24(36)13-11-23/h5,8-13,25-27,31H,6-7,14-22,38H2,1-4H3,(H,39,42)/t25-,26+,27?,31-,35?/m1/s1. The van der Waals surface area contributed by atoms with Crippen LogP contribution < -0.4 is 11.1 Å². The Kier molecular flexibility index (Phi) is 11.1. The van der Waals surface area contributed by atoms with Crippen LogP contribution in [0.4, 0.5) is 14.9 Å². The van der Waals surface area contributed by atoms with Crippen molar-refractivity contribution in [3.05, 3.63) is 64.4 Å². The number of piperazine rings is 1. The van der Waals surface area contributed by atoms with E-state index in [9.17, 15) is 18.0 Å². The van der Waals surface area contributed by atoms with Gasteiger partial charge in [-0.05, 0) is 102 Å². The maximum absolute atomic E-state index is 15.5. The molecule has 1 unspecified atom stereocenters. The Labute approximate surface area is 288 Å². The average molecular weight is 707 g/mol. The number of carbonyl (C=O) groups excluding carboxylic acids is 2. The van der Waals surface area contributed by atoms with Gasteiger partial charge in [0.1, 0.15) is 11.4 Å². The maximum atomic E-state index is 15.5. The topological polar surface area (TPSA) is 131 Å². The quantitative estimate of drug-likeness (QED) is 0.365. The van der Waals surface area contributed by atoms with Crippen LogP contribution >= 0.6 is 11.6 Å². The number of hydrogen-bond donors (Lipinski definition) is 2. The molecule has 2 saturated heterocycles. The van der Waals surface area contributed by atoms with Crippen LogP contribution in [0.25, 0.3) is 0 Å². The van der Waals surface area contributed by atoms with E-state index >= 15 is 4.39 Å². The molecule has 264 valence electrons. The third kappa shape index (κ3) is 7.99. The lowest BCUT2D eigenvalue weighted by Gasteiger charge is -2.44. The molecule has 2 bridgehead atoms. The van der Waals surface area contributed by atoms with E-state index in [0.717, 1.165) is 18.4 Å². The summed E-state index contributed by atoms with van der Waals surface area (Å²) in [5, 5.41) is 3.49. The summed E-state index contributed by atoms with van der Waals surface area (Å²) >= 11 is 6.18. The van der Waals surface area contributed by atoms with Crippen molar-refractivity contribution in [3.63, 3.8) is 0 Å². The summed E-state index contributed by atoms with van der Waals surface area (Å²) in [6, 6.07) is 10.0. The van der Waals surface area contributed by atoms with Gasteiger partial charge in [-0.25, -0.2) is 17.6 Å². The van der Waals surface area contributed by atoms with E-state index in [1.807, 2.05) is 12.1 Å². The number of halogens is 2. The molecule has 10 nitrogen and oxygen atoms in total. The summed E-state index contributed by atoms with van der Waals surface area (Å²) in [6.07, 6.45) is 3.63. The highest BCUT2D eigenvalue weighted by molar-refractivity contribution is 7.89. The molecule has 2 aromatic rings. The van der Waals surface area contributed by atoms with E-state index in [0.29, 0.717) is 30.7 Å². The van der Waals surface area contributed by atoms with Crippen molar-refractivity contribution in [2.75, 3.05) is 31.3 Å². The molecule has 13 heteroatoms. The molecule has 1 saturated carbocycles. The molecule has 5 rings (SSSR count). The predicted octanol–water partition coefficient (Wildman–Crippen LogP) is 5.62. The number of fused-ring (bicyclic) bond motifs is 2. The number of nitrogens with zero attached hydrogens (tertiary/aromatic N) is 2. The van der Waals surface area contributed by atoms with Crippen molar-refractivity contribution in [2.45, 2.75) is 107 Å². The maximum Gasteiger partial charge on any atom is 0.410 e. The Hall–Kier alpha value is -2.77. The van der Waals surface area contributed by atoms with Gasteiger partial charge in [0.2, 0.25) is 15.9 Å². The van der Waals surface area contributed by atoms with E-state index in [1.54, 1.807) is 51.0 Å². The second kappa shape index (κ2) is 14.6. The van der Waals surface area contributed by atoms with Crippen LogP contribution in [0.15, 0.2) is 42.5 Å². The minimum absolute atomic E-state index is 0.0124. The molecule has 4 atom stereocenters. The summed E-state index contributed by atoms with van der Waals surface area (Å²) in [5.74, 6) is -0.980. The zero-order chi connectivity index (χ0) is 34.9. The minimum atomic E-state index is -3.58. The van der Waals surface area contributed by atoms with Crippen LogP contribution in [-0.2, 0) is 36.1 Å². The van der Waals surface area contributed by atoms with Gasteiger partial charge in [-0.15, -0.1) is 0 Å². The lowest BCUT2D eigenvalue weighted by atomic mass is 9.64. The molecule has 2 aliphatic heterocycles. The number of anilines is 1. The van der Waals surface area contributed by atoms with Crippen molar-refractivity contribution in [1.29, 1.82) is 0 Å². The van der Waals surface area contributed by atoms with E-state index in [4.69, 9.17) is 26.8 Å². The summed E-state index contributed by atoms with van der Waals surface area (Å²) < 4.78 is 54.8. The molecular formula is C35H48ClFN4O6S. The number of carbonyl (C=O) groups is 2. The average Bonchev–Trinajstić information content (AvgIpc) is 3.16. The first kappa shape index (κ1) is 36.5. The molecule has 0 radical (unpaired) electrons. The third-order valence-electron chi connectivity index (χ3n) is 10.1. The van der Waals surface area contributed by atoms with Crippen molar-refractivity contribution in [1.82, 2.24) is 9.21 Å². The molecular weight excluding hydrogens is 659 g/mol. The molecule has 48 heavy (non-hydrogen) atoms. The second-order valence-electron chi connectivity index (χ2n) is 14.3. The summed E-state index contributed by atoms with van der Waals surface area (Å²) in [5.41, 5.74) is 6.85. The highest BCUT2D eigenvalue weighted by atomic mass is 35.5. The smallest absolute Gasteiger partial charge is 0.410 e. The molecule has 2 amide bonds. The van der Waals surface area contributed by atoms with Crippen molar-refractivity contribution in [3.8, 4) is 0 Å². The first-order valence-electron chi connectivity index (χ1n) is 16.8. The van der Waals surface area contributed by atoms with Crippen LogP contribution in [0.2, 0.25) is 5.02 Å². The Morgan fingerprint density at radius 2 is 1.79 bits per heavy atom. The molecule has 0 aromatic heterocycles. The molecule has 2 heterocycles. The number of ether oxygens (including phenoxy) is 2. The van der Waals surface area contributed by atoms with Crippen LogP contribution in [0.5, 0.6) is 0 Å². The van der Waals surface area contributed by atoms with Gasteiger partial charge in [-0.2, -0.15) is 4.31 Å². The fourth-order valence-corrected chi connectivity index (χ4v) is 9.43. The van der Waals surface area contributed by atoms with E-state index < -0.39 is 50.9 Å². The van der Waals surface area contributed by atoms with Crippen molar-refractivity contribution in [2.24, 2.45) is 5.73 Å². The summed E-state index contributed by atoms with van der Waals surface area (Å²) in [4.78, 5) is 28.8. The number of nitrogens with one attached hydrogen (secondary N) is 1. The largest absolute Gasteiger partial charge is 0.444 e. The summed E-state index contributed by atoms with van der Waals surface area (Å²) in [6.45, 7) is 5.67. The Bertz CT molecular complexity index is 1580. The fourth-order valence-electron chi connectivity index (χ4n) is 7.51. The predicted molar refractivity (Wildman–Crippen MR) is 184 cm³/mol. The van der Waals surface area contributed by atoms with Crippen LogP contribution in [0, 0.1) is 5.82 Å². The number of sulfonamides is 1. The molecule has 2 aromatic carbocycles. The number of methoxy groups -OCH3 is 1. The Morgan fingerprint density at radius 3 is 2.44 bits per heavy atom.